The average Bonchev–Trinajstić information content (AvgIpc) is 3.03. The maximum atomic E-state index is 12.0. The Morgan fingerprint density at radius 1 is 1.17 bits per heavy atom. The van der Waals surface area contributed by atoms with Gasteiger partial charge in [0.25, 0.3) is 10.1 Å². The van der Waals surface area contributed by atoms with Crippen molar-refractivity contribution in [3.63, 3.8) is 0 Å². The Morgan fingerprint density at radius 2 is 1.88 bits per heavy atom. The standard InChI is InChI=1S/C17H24O6S/c1-13-4-8-16(9-5-13)24(19,20)23-11-3-10-22-15-7-6-14(12-15)17(18)21-2/h4-5,8-9,14-15H,3,6-7,10-12H2,1-2H3. The quantitative estimate of drug-likeness (QED) is 0.404. The predicted octanol–water partition coefficient (Wildman–Crippen LogP) is 2.45. The van der Waals surface area contributed by atoms with Crippen LogP contribution in [-0.2, 0) is 28.6 Å². The van der Waals surface area contributed by atoms with E-state index in [4.69, 9.17) is 13.7 Å². The molecule has 1 saturated carbocycles. The Hall–Kier alpha value is -1.44. The Labute approximate surface area is 143 Å². The van der Waals surface area contributed by atoms with Crippen LogP contribution < -0.4 is 0 Å². The van der Waals surface area contributed by atoms with E-state index in [1.165, 1.54) is 19.2 Å². The fraction of sp³-hybridized carbons (Fsp3) is 0.588. The molecule has 0 radical (unpaired) electrons. The lowest BCUT2D eigenvalue weighted by Gasteiger charge is -2.12. The number of carbonyl (C=O) groups excluding carboxylic acids is 1. The lowest BCUT2D eigenvalue weighted by Crippen LogP contribution is -2.16. The van der Waals surface area contributed by atoms with E-state index >= 15 is 0 Å². The summed E-state index contributed by atoms with van der Waals surface area (Å²) in [5.74, 6) is -0.271. The number of rotatable bonds is 8. The first-order chi connectivity index (χ1) is 11.4. The molecule has 0 amide bonds. The van der Waals surface area contributed by atoms with Crippen LogP contribution >= 0.6 is 0 Å². The number of aryl methyl sites for hydroxylation is 1. The van der Waals surface area contributed by atoms with Gasteiger partial charge in [-0.1, -0.05) is 17.7 Å². The smallest absolute Gasteiger partial charge is 0.308 e. The van der Waals surface area contributed by atoms with Gasteiger partial charge in [0.15, 0.2) is 0 Å². The molecule has 1 aliphatic carbocycles. The van der Waals surface area contributed by atoms with Crippen molar-refractivity contribution in [2.75, 3.05) is 20.3 Å². The minimum absolute atomic E-state index is 0.0304. The van der Waals surface area contributed by atoms with E-state index in [-0.39, 0.29) is 29.5 Å². The van der Waals surface area contributed by atoms with Crippen molar-refractivity contribution in [3.05, 3.63) is 29.8 Å². The normalized spacial score (nSPS) is 20.9. The molecule has 1 aliphatic rings. The van der Waals surface area contributed by atoms with E-state index in [2.05, 4.69) is 0 Å². The van der Waals surface area contributed by atoms with Gasteiger partial charge in [-0.15, -0.1) is 0 Å². The summed E-state index contributed by atoms with van der Waals surface area (Å²) in [5, 5.41) is 0. The summed E-state index contributed by atoms with van der Waals surface area (Å²) in [6.45, 7) is 2.37. The molecule has 2 atom stereocenters. The molecule has 6 nitrogen and oxygen atoms in total. The monoisotopic (exact) mass is 356 g/mol. The van der Waals surface area contributed by atoms with E-state index in [1.807, 2.05) is 6.92 Å². The zero-order chi connectivity index (χ0) is 17.6. The molecule has 1 fully saturated rings. The van der Waals surface area contributed by atoms with Crippen LogP contribution in [0.2, 0.25) is 0 Å². The van der Waals surface area contributed by atoms with Crippen molar-refractivity contribution in [3.8, 4) is 0 Å². The molecule has 0 spiro atoms. The van der Waals surface area contributed by atoms with Gasteiger partial charge in [0.05, 0.1) is 30.6 Å². The lowest BCUT2D eigenvalue weighted by molar-refractivity contribution is -0.145. The van der Waals surface area contributed by atoms with E-state index < -0.39 is 10.1 Å². The molecular weight excluding hydrogens is 332 g/mol. The Kier molecular flexibility index (Phi) is 6.77. The number of benzene rings is 1. The summed E-state index contributed by atoms with van der Waals surface area (Å²) in [6, 6.07) is 6.54. The van der Waals surface area contributed by atoms with Gasteiger partial charge >= 0.3 is 5.97 Å². The summed E-state index contributed by atoms with van der Waals surface area (Å²) in [6.07, 6.45) is 2.76. The van der Waals surface area contributed by atoms with Crippen LogP contribution in [-0.4, -0.2) is 40.8 Å². The average molecular weight is 356 g/mol. The van der Waals surface area contributed by atoms with Gasteiger partial charge in [0.2, 0.25) is 0 Å². The second-order valence-electron chi connectivity index (χ2n) is 5.97. The van der Waals surface area contributed by atoms with Crippen LogP contribution in [0.15, 0.2) is 29.2 Å². The van der Waals surface area contributed by atoms with Crippen molar-refractivity contribution >= 4 is 16.1 Å². The van der Waals surface area contributed by atoms with Crippen molar-refractivity contribution in [2.45, 2.75) is 43.6 Å². The van der Waals surface area contributed by atoms with Crippen LogP contribution in [0.1, 0.15) is 31.2 Å². The highest BCUT2D eigenvalue weighted by molar-refractivity contribution is 7.86. The molecule has 2 rings (SSSR count). The molecule has 134 valence electrons. The van der Waals surface area contributed by atoms with Crippen LogP contribution in [0.3, 0.4) is 0 Å². The van der Waals surface area contributed by atoms with Gasteiger partial charge in [-0.25, -0.2) is 0 Å². The second kappa shape index (κ2) is 8.60. The Bertz CT molecular complexity index is 638. The molecule has 0 aliphatic heterocycles. The third-order valence-corrected chi connectivity index (χ3v) is 5.44. The molecule has 1 aromatic rings. The third kappa shape index (κ3) is 5.29. The van der Waals surface area contributed by atoms with Crippen molar-refractivity contribution in [2.24, 2.45) is 5.92 Å². The van der Waals surface area contributed by atoms with Gasteiger partial charge in [0, 0.05) is 6.61 Å². The molecule has 0 aromatic heterocycles. The topological polar surface area (TPSA) is 78.9 Å². The van der Waals surface area contributed by atoms with Gasteiger partial charge in [-0.2, -0.15) is 8.42 Å². The highest BCUT2D eigenvalue weighted by Gasteiger charge is 2.30. The maximum absolute atomic E-state index is 12.0. The largest absolute Gasteiger partial charge is 0.469 e. The van der Waals surface area contributed by atoms with E-state index in [0.717, 1.165) is 18.4 Å². The number of ether oxygens (including phenoxy) is 2. The highest BCUT2D eigenvalue weighted by Crippen LogP contribution is 2.28. The minimum atomic E-state index is -3.72. The molecule has 0 N–H and O–H groups in total. The first-order valence-electron chi connectivity index (χ1n) is 8.08. The summed E-state index contributed by atoms with van der Waals surface area (Å²) in [7, 11) is -2.33. The van der Waals surface area contributed by atoms with Gasteiger partial charge in [0.1, 0.15) is 0 Å². The van der Waals surface area contributed by atoms with E-state index in [9.17, 15) is 13.2 Å². The fourth-order valence-electron chi connectivity index (χ4n) is 2.72. The number of hydrogen-bond donors (Lipinski definition) is 0. The van der Waals surface area contributed by atoms with E-state index in [1.54, 1.807) is 12.1 Å². The zero-order valence-electron chi connectivity index (χ0n) is 14.1. The summed E-state index contributed by atoms with van der Waals surface area (Å²) < 4.78 is 39.4. The lowest BCUT2D eigenvalue weighted by atomic mass is 10.1. The van der Waals surface area contributed by atoms with E-state index in [0.29, 0.717) is 19.4 Å². The molecular formula is C17H24O6S. The molecule has 0 heterocycles. The number of hydrogen-bond acceptors (Lipinski definition) is 6. The van der Waals surface area contributed by atoms with Crippen LogP contribution in [0.25, 0.3) is 0 Å². The predicted molar refractivity (Wildman–Crippen MR) is 88.0 cm³/mol. The highest BCUT2D eigenvalue weighted by atomic mass is 32.2. The number of esters is 1. The van der Waals surface area contributed by atoms with Crippen LogP contribution in [0.5, 0.6) is 0 Å². The number of carbonyl (C=O) groups is 1. The maximum Gasteiger partial charge on any atom is 0.308 e. The minimum Gasteiger partial charge on any atom is -0.469 e. The third-order valence-electron chi connectivity index (χ3n) is 4.11. The van der Waals surface area contributed by atoms with Crippen molar-refractivity contribution in [1.82, 2.24) is 0 Å². The first-order valence-corrected chi connectivity index (χ1v) is 9.48. The first kappa shape index (κ1) is 18.9. The summed E-state index contributed by atoms with van der Waals surface area (Å²) in [5.41, 5.74) is 0.990. The van der Waals surface area contributed by atoms with Crippen LogP contribution in [0, 0.1) is 12.8 Å². The zero-order valence-corrected chi connectivity index (χ0v) is 14.9. The molecule has 2 unspecified atom stereocenters. The molecule has 7 heteroatoms. The summed E-state index contributed by atoms with van der Waals surface area (Å²) >= 11 is 0. The molecule has 1 aromatic carbocycles. The number of methoxy groups -OCH3 is 1. The Morgan fingerprint density at radius 3 is 2.54 bits per heavy atom. The van der Waals surface area contributed by atoms with Crippen molar-refractivity contribution in [1.29, 1.82) is 0 Å². The fourth-order valence-corrected chi connectivity index (χ4v) is 3.67. The second-order valence-corrected chi connectivity index (χ2v) is 7.58. The summed E-state index contributed by atoms with van der Waals surface area (Å²) in [4.78, 5) is 11.6. The Balaban J connectivity index is 1.66. The van der Waals surface area contributed by atoms with Crippen molar-refractivity contribution < 1.29 is 26.9 Å². The van der Waals surface area contributed by atoms with Gasteiger partial charge in [-0.05, 0) is 44.7 Å². The van der Waals surface area contributed by atoms with Crippen LogP contribution in [0.4, 0.5) is 0 Å². The molecule has 0 saturated heterocycles. The van der Waals surface area contributed by atoms with Gasteiger partial charge < -0.3 is 9.47 Å². The SMILES string of the molecule is COC(=O)C1CCC(OCCCOS(=O)(=O)c2ccc(C)cc2)C1. The molecule has 24 heavy (non-hydrogen) atoms. The van der Waals surface area contributed by atoms with Gasteiger partial charge in [-0.3, -0.25) is 8.98 Å². The molecule has 0 bridgehead atoms.